The fourth-order valence-electron chi connectivity index (χ4n) is 2.38. The Bertz CT molecular complexity index is 740. The lowest BCUT2D eigenvalue weighted by atomic mass is 10.2. The number of nitrogens with one attached hydrogen (secondary N) is 1. The molecular weight excluding hydrogens is 294 g/mol. The van der Waals surface area contributed by atoms with Crippen LogP contribution in [0, 0.1) is 6.92 Å². The Morgan fingerprint density at radius 2 is 2.43 bits per heavy atom. The Morgan fingerprint density at radius 1 is 1.62 bits per heavy atom. The molecule has 2 N–H and O–H groups in total. The second kappa shape index (κ2) is 5.51. The zero-order chi connectivity index (χ0) is 15.0. The van der Waals surface area contributed by atoms with Gasteiger partial charge in [-0.15, -0.1) is 0 Å². The van der Waals surface area contributed by atoms with Crippen LogP contribution in [-0.4, -0.2) is 56.2 Å². The minimum atomic E-state index is -0.852. The molecule has 8 nitrogen and oxygen atoms in total. The number of carbonyl (C=O) groups is 1. The van der Waals surface area contributed by atoms with Gasteiger partial charge in [-0.3, -0.25) is 14.5 Å². The molecule has 9 heteroatoms. The molecule has 0 saturated carbocycles. The van der Waals surface area contributed by atoms with Crippen molar-refractivity contribution in [3.63, 3.8) is 0 Å². The highest BCUT2D eigenvalue weighted by atomic mass is 32.1. The number of carboxylic acids is 1. The Balaban J connectivity index is 1.89. The van der Waals surface area contributed by atoms with Gasteiger partial charge in [0.1, 0.15) is 11.0 Å². The summed E-state index contributed by atoms with van der Waals surface area (Å²) in [6.07, 6.45) is 0. The zero-order valence-corrected chi connectivity index (χ0v) is 12.3. The van der Waals surface area contributed by atoms with Gasteiger partial charge in [-0.05, 0) is 6.92 Å². The van der Waals surface area contributed by atoms with Crippen LogP contribution in [0.3, 0.4) is 0 Å². The Labute approximate surface area is 124 Å². The number of fused-ring (bicyclic) bond motifs is 1. The number of hydrogen-bond acceptors (Lipinski definition) is 7. The number of rotatable bonds is 3. The molecule has 112 valence electrons. The van der Waals surface area contributed by atoms with E-state index in [0.29, 0.717) is 35.3 Å². The minimum absolute atomic E-state index is 0.213. The van der Waals surface area contributed by atoms with Crippen molar-refractivity contribution in [2.45, 2.75) is 19.5 Å². The molecule has 0 bridgehead atoms. The maximum atomic E-state index is 11.8. The number of nitrogens with zero attached hydrogens (tertiary/aromatic N) is 4. The zero-order valence-electron chi connectivity index (χ0n) is 11.4. The standard InChI is InChI=1S/C12H15N5O3S/c1-7-4-10(18)17-12(14-7)21-9(15-17)6-16-3-2-13-5-8(16)11(19)20/h4,8,13H,2-3,5-6H2,1H3,(H,19,20). The molecule has 0 aromatic carbocycles. The largest absolute Gasteiger partial charge is 0.480 e. The first kappa shape index (κ1) is 14.1. The molecule has 3 heterocycles. The van der Waals surface area contributed by atoms with E-state index in [9.17, 15) is 14.7 Å². The average molecular weight is 309 g/mol. The second-order valence-electron chi connectivity index (χ2n) is 4.95. The molecule has 0 amide bonds. The second-order valence-corrected chi connectivity index (χ2v) is 6.00. The number of piperazine rings is 1. The van der Waals surface area contributed by atoms with Gasteiger partial charge in [-0.1, -0.05) is 11.3 Å². The van der Waals surface area contributed by atoms with Crippen molar-refractivity contribution in [3.8, 4) is 0 Å². The van der Waals surface area contributed by atoms with Crippen LogP contribution in [-0.2, 0) is 11.3 Å². The van der Waals surface area contributed by atoms with Crippen LogP contribution in [0.4, 0.5) is 0 Å². The van der Waals surface area contributed by atoms with Gasteiger partial charge in [0.25, 0.3) is 5.56 Å². The maximum absolute atomic E-state index is 11.8. The normalized spacial score (nSPS) is 20.0. The molecule has 0 aliphatic carbocycles. The SMILES string of the molecule is Cc1cc(=O)n2nc(CN3CCNCC3C(=O)O)sc2n1. The van der Waals surface area contributed by atoms with E-state index in [1.807, 2.05) is 4.90 Å². The summed E-state index contributed by atoms with van der Waals surface area (Å²) >= 11 is 1.32. The summed E-state index contributed by atoms with van der Waals surface area (Å²) in [5.41, 5.74) is 0.441. The van der Waals surface area contributed by atoms with Gasteiger partial charge in [-0.25, -0.2) is 4.98 Å². The van der Waals surface area contributed by atoms with E-state index < -0.39 is 12.0 Å². The van der Waals surface area contributed by atoms with Gasteiger partial charge < -0.3 is 10.4 Å². The average Bonchev–Trinajstić information content (AvgIpc) is 2.81. The maximum Gasteiger partial charge on any atom is 0.322 e. The summed E-state index contributed by atoms with van der Waals surface area (Å²) in [5, 5.41) is 17.2. The van der Waals surface area contributed by atoms with Crippen LogP contribution < -0.4 is 10.9 Å². The third-order valence-corrected chi connectivity index (χ3v) is 4.29. The fourth-order valence-corrected chi connectivity index (χ4v) is 3.35. The van der Waals surface area contributed by atoms with Crippen LogP contribution in [0.15, 0.2) is 10.9 Å². The molecule has 1 aliphatic heterocycles. The Hall–Kier alpha value is -1.84. The first-order valence-corrected chi connectivity index (χ1v) is 7.40. The van der Waals surface area contributed by atoms with E-state index in [1.165, 1.54) is 21.9 Å². The first-order valence-electron chi connectivity index (χ1n) is 6.58. The minimum Gasteiger partial charge on any atom is -0.480 e. The smallest absolute Gasteiger partial charge is 0.322 e. The summed E-state index contributed by atoms with van der Waals surface area (Å²) in [6.45, 7) is 3.96. The summed E-state index contributed by atoms with van der Waals surface area (Å²) in [6, 6.07) is 0.860. The molecule has 1 atom stereocenters. The predicted molar refractivity (Wildman–Crippen MR) is 76.6 cm³/mol. The van der Waals surface area contributed by atoms with E-state index in [2.05, 4.69) is 15.4 Å². The highest BCUT2D eigenvalue weighted by Crippen LogP contribution is 2.16. The van der Waals surface area contributed by atoms with E-state index in [-0.39, 0.29) is 5.56 Å². The summed E-state index contributed by atoms with van der Waals surface area (Å²) in [7, 11) is 0. The number of aliphatic carboxylic acids is 1. The highest BCUT2D eigenvalue weighted by Gasteiger charge is 2.29. The first-order chi connectivity index (χ1) is 10.0. The van der Waals surface area contributed by atoms with Crippen molar-refractivity contribution >= 4 is 22.3 Å². The van der Waals surface area contributed by atoms with Crippen molar-refractivity contribution < 1.29 is 9.90 Å². The molecule has 3 rings (SSSR count). The molecule has 21 heavy (non-hydrogen) atoms. The van der Waals surface area contributed by atoms with Gasteiger partial charge in [-0.2, -0.15) is 9.61 Å². The molecule has 0 radical (unpaired) electrons. The van der Waals surface area contributed by atoms with Crippen LogP contribution in [0.5, 0.6) is 0 Å². The summed E-state index contributed by atoms with van der Waals surface area (Å²) in [5.74, 6) is -0.852. The molecular formula is C12H15N5O3S. The third kappa shape index (κ3) is 2.80. The number of hydrogen-bond donors (Lipinski definition) is 2. The van der Waals surface area contributed by atoms with Crippen LogP contribution >= 0.6 is 11.3 Å². The number of aryl methyl sites for hydroxylation is 1. The highest BCUT2D eigenvalue weighted by molar-refractivity contribution is 7.16. The fraction of sp³-hybridized carbons (Fsp3) is 0.500. The van der Waals surface area contributed by atoms with E-state index in [0.717, 1.165) is 6.54 Å². The van der Waals surface area contributed by atoms with Crippen molar-refractivity contribution in [2.24, 2.45) is 0 Å². The topological polar surface area (TPSA) is 99.8 Å². The van der Waals surface area contributed by atoms with Gasteiger partial charge >= 0.3 is 5.97 Å². The van der Waals surface area contributed by atoms with Crippen molar-refractivity contribution in [3.05, 3.63) is 27.1 Å². The van der Waals surface area contributed by atoms with Crippen molar-refractivity contribution in [1.82, 2.24) is 24.8 Å². The molecule has 2 aromatic rings. The molecule has 0 spiro atoms. The summed E-state index contributed by atoms with van der Waals surface area (Å²) in [4.78, 5) is 29.8. The Kier molecular flexibility index (Phi) is 3.70. The van der Waals surface area contributed by atoms with Gasteiger partial charge in [0.05, 0.1) is 6.54 Å². The van der Waals surface area contributed by atoms with Crippen molar-refractivity contribution in [2.75, 3.05) is 19.6 Å². The monoisotopic (exact) mass is 309 g/mol. The molecule has 1 fully saturated rings. The van der Waals surface area contributed by atoms with E-state index >= 15 is 0 Å². The lowest BCUT2D eigenvalue weighted by Crippen LogP contribution is -2.54. The lowest BCUT2D eigenvalue weighted by Gasteiger charge is -2.32. The van der Waals surface area contributed by atoms with Gasteiger partial charge in [0.2, 0.25) is 4.96 Å². The predicted octanol–water partition coefficient (Wildman–Crippen LogP) is -0.682. The van der Waals surface area contributed by atoms with E-state index in [1.54, 1.807) is 6.92 Å². The molecule has 2 aromatic heterocycles. The summed E-state index contributed by atoms with van der Waals surface area (Å²) < 4.78 is 1.27. The van der Waals surface area contributed by atoms with Crippen LogP contribution in [0.1, 0.15) is 10.7 Å². The van der Waals surface area contributed by atoms with Gasteiger partial charge in [0, 0.05) is 31.4 Å². The quantitative estimate of drug-likeness (QED) is 0.774. The van der Waals surface area contributed by atoms with Crippen LogP contribution in [0.25, 0.3) is 4.96 Å². The van der Waals surface area contributed by atoms with E-state index in [4.69, 9.17) is 0 Å². The number of aromatic nitrogens is 3. The molecule has 1 aliphatic rings. The van der Waals surface area contributed by atoms with Crippen LogP contribution in [0.2, 0.25) is 0 Å². The van der Waals surface area contributed by atoms with Crippen molar-refractivity contribution in [1.29, 1.82) is 0 Å². The Morgan fingerprint density at radius 3 is 3.19 bits per heavy atom. The lowest BCUT2D eigenvalue weighted by molar-refractivity contribution is -0.144. The molecule has 1 unspecified atom stereocenters. The third-order valence-electron chi connectivity index (χ3n) is 3.39. The molecule has 1 saturated heterocycles. The van der Waals surface area contributed by atoms with Gasteiger partial charge in [0.15, 0.2) is 0 Å². The number of carboxylic acid groups (broad SMARTS) is 1.